The third-order valence-electron chi connectivity index (χ3n) is 3.18. The number of carbonyl (C=O) groups is 1. The highest BCUT2D eigenvalue weighted by Crippen LogP contribution is 2.31. The molecule has 0 radical (unpaired) electrons. The minimum Gasteiger partial charge on any atom is -0.456 e. The zero-order valence-electron chi connectivity index (χ0n) is 13.5. The van der Waals surface area contributed by atoms with Crippen molar-refractivity contribution in [3.05, 3.63) is 46.2 Å². The van der Waals surface area contributed by atoms with Crippen LogP contribution < -0.4 is 11.3 Å². The topological polar surface area (TPSA) is 98.1 Å². The number of H-pyrrole nitrogens is 1. The Kier molecular flexibility index (Phi) is 3.88. The molecule has 3 N–H and O–H groups in total. The maximum Gasteiger partial charge on any atom is 0.338 e. The quantitative estimate of drug-likeness (QED) is 0.696. The van der Waals surface area contributed by atoms with E-state index < -0.39 is 5.60 Å². The number of fused-ring (bicyclic) bond motifs is 1. The van der Waals surface area contributed by atoms with Gasteiger partial charge < -0.3 is 10.5 Å². The number of hydrogen-bond acceptors (Lipinski definition) is 6. The molecule has 1 aromatic carbocycles. The number of anilines is 1. The number of aromatic nitrogens is 2. The normalized spacial score (nSPS) is 11.6. The lowest BCUT2D eigenvalue weighted by molar-refractivity contribution is 0.00696. The SMILES string of the molecule is CC(C)(C)OC(=O)c1cccc(-c2cc3nc(N)[nH]c(=O)c3s2)c1. The average molecular weight is 343 g/mol. The largest absolute Gasteiger partial charge is 0.456 e. The lowest BCUT2D eigenvalue weighted by Crippen LogP contribution is -2.23. The molecule has 2 aromatic heterocycles. The first-order valence-electron chi connectivity index (χ1n) is 7.36. The van der Waals surface area contributed by atoms with E-state index in [2.05, 4.69) is 9.97 Å². The fourth-order valence-corrected chi connectivity index (χ4v) is 3.22. The number of carbonyl (C=O) groups excluding carboxylic acids is 1. The first kappa shape index (κ1) is 16.2. The van der Waals surface area contributed by atoms with E-state index in [1.807, 2.05) is 26.8 Å². The molecule has 124 valence electrons. The second-order valence-corrected chi connectivity index (χ2v) is 7.41. The second kappa shape index (κ2) is 5.76. The van der Waals surface area contributed by atoms with Gasteiger partial charge in [-0.3, -0.25) is 9.78 Å². The summed E-state index contributed by atoms with van der Waals surface area (Å²) in [5.74, 6) is -0.301. The summed E-state index contributed by atoms with van der Waals surface area (Å²) in [7, 11) is 0. The summed E-state index contributed by atoms with van der Waals surface area (Å²) in [5.41, 5.74) is 6.57. The number of benzene rings is 1. The number of nitrogens with two attached hydrogens (primary N) is 1. The van der Waals surface area contributed by atoms with E-state index in [1.165, 1.54) is 11.3 Å². The molecule has 0 amide bonds. The van der Waals surface area contributed by atoms with Crippen LogP contribution in [-0.2, 0) is 4.74 Å². The molecule has 6 nitrogen and oxygen atoms in total. The van der Waals surface area contributed by atoms with Crippen LogP contribution in [0.25, 0.3) is 20.7 Å². The van der Waals surface area contributed by atoms with Crippen molar-refractivity contribution in [2.45, 2.75) is 26.4 Å². The third-order valence-corrected chi connectivity index (χ3v) is 4.36. The molecule has 0 unspecified atom stereocenters. The Hall–Kier alpha value is -2.67. The molecule has 0 fully saturated rings. The van der Waals surface area contributed by atoms with Crippen LogP contribution in [0.4, 0.5) is 5.95 Å². The first-order chi connectivity index (χ1) is 11.2. The predicted molar refractivity (Wildman–Crippen MR) is 95.3 cm³/mol. The van der Waals surface area contributed by atoms with Crippen molar-refractivity contribution in [3.63, 3.8) is 0 Å². The Bertz CT molecular complexity index is 983. The maximum atomic E-state index is 12.2. The summed E-state index contributed by atoms with van der Waals surface area (Å²) in [6.45, 7) is 5.47. The highest BCUT2D eigenvalue weighted by atomic mass is 32.1. The van der Waals surface area contributed by atoms with Crippen molar-refractivity contribution in [1.82, 2.24) is 9.97 Å². The molecule has 0 aliphatic rings. The zero-order valence-corrected chi connectivity index (χ0v) is 14.4. The van der Waals surface area contributed by atoms with E-state index in [4.69, 9.17) is 10.5 Å². The van der Waals surface area contributed by atoms with Crippen molar-refractivity contribution < 1.29 is 9.53 Å². The van der Waals surface area contributed by atoms with Gasteiger partial charge in [-0.25, -0.2) is 9.78 Å². The van der Waals surface area contributed by atoms with Crippen molar-refractivity contribution >= 4 is 33.5 Å². The van der Waals surface area contributed by atoms with E-state index in [0.29, 0.717) is 15.8 Å². The van der Waals surface area contributed by atoms with E-state index in [1.54, 1.807) is 24.3 Å². The van der Waals surface area contributed by atoms with E-state index in [0.717, 1.165) is 10.4 Å². The number of hydrogen-bond donors (Lipinski definition) is 2. The molecule has 24 heavy (non-hydrogen) atoms. The number of ether oxygens (including phenoxy) is 1. The van der Waals surface area contributed by atoms with Gasteiger partial charge in [0.1, 0.15) is 10.3 Å². The van der Waals surface area contributed by atoms with Crippen LogP contribution >= 0.6 is 11.3 Å². The Morgan fingerprint density at radius 3 is 2.75 bits per heavy atom. The number of rotatable bonds is 2. The summed E-state index contributed by atoms with van der Waals surface area (Å²) in [6, 6.07) is 8.89. The molecule has 3 rings (SSSR count). The Labute approximate surface area is 142 Å². The van der Waals surface area contributed by atoms with Crippen molar-refractivity contribution in [3.8, 4) is 10.4 Å². The molecular weight excluding hydrogens is 326 g/mol. The number of thiophene rings is 1. The molecule has 0 saturated carbocycles. The van der Waals surface area contributed by atoms with Gasteiger partial charge in [0.2, 0.25) is 5.95 Å². The molecule has 7 heteroatoms. The third kappa shape index (κ3) is 3.30. The van der Waals surface area contributed by atoms with Gasteiger partial charge in [0.05, 0.1) is 11.1 Å². The molecule has 0 aliphatic heterocycles. The minimum absolute atomic E-state index is 0.0827. The lowest BCUT2D eigenvalue weighted by atomic mass is 10.1. The lowest BCUT2D eigenvalue weighted by Gasteiger charge is -2.19. The first-order valence-corrected chi connectivity index (χ1v) is 8.18. The van der Waals surface area contributed by atoms with Gasteiger partial charge >= 0.3 is 5.97 Å². The van der Waals surface area contributed by atoms with Crippen molar-refractivity contribution in [2.24, 2.45) is 0 Å². The highest BCUT2D eigenvalue weighted by Gasteiger charge is 2.18. The number of nitrogens with one attached hydrogen (secondary N) is 1. The highest BCUT2D eigenvalue weighted by molar-refractivity contribution is 7.22. The van der Waals surface area contributed by atoms with Crippen LogP contribution in [0, 0.1) is 0 Å². The Morgan fingerprint density at radius 2 is 2.04 bits per heavy atom. The maximum absolute atomic E-state index is 12.2. The van der Waals surface area contributed by atoms with Crippen LogP contribution in [0.15, 0.2) is 35.1 Å². The van der Waals surface area contributed by atoms with E-state index >= 15 is 0 Å². The minimum atomic E-state index is -0.556. The molecule has 0 atom stereocenters. The molecule has 2 heterocycles. The summed E-state index contributed by atoms with van der Waals surface area (Å²) in [6.07, 6.45) is 0. The zero-order chi connectivity index (χ0) is 17.5. The second-order valence-electron chi connectivity index (χ2n) is 6.36. The summed E-state index contributed by atoms with van der Waals surface area (Å²) < 4.78 is 5.89. The van der Waals surface area contributed by atoms with Gasteiger partial charge in [-0.2, -0.15) is 0 Å². The van der Waals surface area contributed by atoms with E-state index in [-0.39, 0.29) is 17.5 Å². The van der Waals surface area contributed by atoms with Crippen LogP contribution in [0.3, 0.4) is 0 Å². The van der Waals surface area contributed by atoms with Crippen LogP contribution in [0.2, 0.25) is 0 Å². The van der Waals surface area contributed by atoms with Gasteiger partial charge in [-0.1, -0.05) is 12.1 Å². The van der Waals surface area contributed by atoms with Gasteiger partial charge in [0.25, 0.3) is 5.56 Å². The molecule has 0 spiro atoms. The Balaban J connectivity index is 2.02. The number of nitrogen functional groups attached to an aromatic ring is 1. The van der Waals surface area contributed by atoms with Crippen LogP contribution in [0.1, 0.15) is 31.1 Å². The molecule has 3 aromatic rings. The fraction of sp³-hybridized carbons (Fsp3) is 0.235. The van der Waals surface area contributed by atoms with Crippen LogP contribution in [-0.4, -0.2) is 21.5 Å². The van der Waals surface area contributed by atoms with Crippen LogP contribution in [0.5, 0.6) is 0 Å². The molecular formula is C17H17N3O3S. The monoisotopic (exact) mass is 343 g/mol. The predicted octanol–water partition coefficient (Wildman–Crippen LogP) is 3.19. The standard InChI is InChI=1S/C17H17N3O3S/c1-17(2,3)23-15(22)10-6-4-5-9(7-10)12-8-11-13(24-12)14(21)20-16(18)19-11/h4-8H,1-3H3,(H3,18,19,20,21). The molecule has 0 saturated heterocycles. The van der Waals surface area contributed by atoms with Gasteiger partial charge in [0.15, 0.2) is 0 Å². The smallest absolute Gasteiger partial charge is 0.338 e. The fourth-order valence-electron chi connectivity index (χ4n) is 2.24. The summed E-state index contributed by atoms with van der Waals surface area (Å²) in [5, 5.41) is 0. The van der Waals surface area contributed by atoms with Gasteiger partial charge in [-0.15, -0.1) is 11.3 Å². The number of aromatic amines is 1. The van der Waals surface area contributed by atoms with Crippen molar-refractivity contribution in [2.75, 3.05) is 5.73 Å². The van der Waals surface area contributed by atoms with E-state index in [9.17, 15) is 9.59 Å². The molecule has 0 aliphatic carbocycles. The van der Waals surface area contributed by atoms with Gasteiger partial charge in [0, 0.05) is 4.88 Å². The Morgan fingerprint density at radius 1 is 1.29 bits per heavy atom. The number of nitrogens with zero attached hydrogens (tertiary/aromatic N) is 1. The number of esters is 1. The van der Waals surface area contributed by atoms with Crippen molar-refractivity contribution in [1.29, 1.82) is 0 Å². The summed E-state index contributed by atoms with van der Waals surface area (Å²) >= 11 is 1.31. The van der Waals surface area contributed by atoms with Gasteiger partial charge in [-0.05, 0) is 44.5 Å². The average Bonchev–Trinajstić information content (AvgIpc) is 2.90. The summed E-state index contributed by atoms with van der Waals surface area (Å²) in [4.78, 5) is 31.6. The molecule has 0 bridgehead atoms.